The van der Waals surface area contributed by atoms with Crippen molar-refractivity contribution in [1.82, 2.24) is 9.62 Å². The van der Waals surface area contributed by atoms with Crippen LogP contribution in [0.4, 0.5) is 10.1 Å². The first kappa shape index (κ1) is 21.5. The van der Waals surface area contributed by atoms with Crippen LogP contribution in [0.5, 0.6) is 0 Å². The zero-order valence-electron chi connectivity index (χ0n) is 15.4. The summed E-state index contributed by atoms with van der Waals surface area (Å²) in [5.74, 6) is -0.941. The van der Waals surface area contributed by atoms with Crippen LogP contribution in [-0.4, -0.2) is 36.6 Å². The molecule has 0 bridgehead atoms. The zero-order chi connectivity index (χ0) is 20.9. The molecule has 0 unspecified atom stereocenters. The third kappa shape index (κ3) is 5.11. The van der Waals surface area contributed by atoms with Gasteiger partial charge >= 0.3 is 0 Å². The van der Waals surface area contributed by atoms with Crippen molar-refractivity contribution >= 4 is 21.6 Å². The third-order valence-electron chi connectivity index (χ3n) is 4.08. The van der Waals surface area contributed by atoms with Crippen molar-refractivity contribution in [3.05, 3.63) is 69.5 Å². The maximum Gasteiger partial charge on any atom is 0.270 e. The lowest BCUT2D eigenvalue weighted by molar-refractivity contribution is -0.385. The molecule has 0 aliphatic heterocycles. The highest BCUT2D eigenvalue weighted by Crippen LogP contribution is 2.24. The maximum atomic E-state index is 12.9. The molecule has 28 heavy (non-hydrogen) atoms. The van der Waals surface area contributed by atoms with Gasteiger partial charge in [0.1, 0.15) is 5.82 Å². The van der Waals surface area contributed by atoms with Crippen LogP contribution in [0, 0.1) is 22.9 Å². The summed E-state index contributed by atoms with van der Waals surface area (Å²) >= 11 is 0. The number of benzene rings is 2. The highest BCUT2D eigenvalue weighted by molar-refractivity contribution is 7.89. The van der Waals surface area contributed by atoms with Crippen LogP contribution in [0.3, 0.4) is 0 Å². The van der Waals surface area contributed by atoms with E-state index in [1.807, 2.05) is 0 Å². The number of aryl methyl sites for hydroxylation is 1. The van der Waals surface area contributed by atoms with Crippen LogP contribution in [0.15, 0.2) is 47.4 Å². The lowest BCUT2D eigenvalue weighted by Gasteiger charge is -2.21. The Hall–Kier alpha value is -2.85. The Labute approximate surface area is 162 Å². The predicted molar refractivity (Wildman–Crippen MR) is 101 cm³/mol. The summed E-state index contributed by atoms with van der Waals surface area (Å²) in [6.07, 6.45) is 0. The smallest absolute Gasteiger partial charge is 0.270 e. The van der Waals surface area contributed by atoms with E-state index in [1.165, 1.54) is 43.3 Å². The average Bonchev–Trinajstić information content (AvgIpc) is 2.65. The normalized spacial score (nSPS) is 11.4. The molecule has 150 valence electrons. The number of hydrogen-bond acceptors (Lipinski definition) is 5. The van der Waals surface area contributed by atoms with Gasteiger partial charge in [0, 0.05) is 25.2 Å². The molecule has 0 aliphatic carbocycles. The van der Waals surface area contributed by atoms with E-state index in [1.54, 1.807) is 6.92 Å². The number of nitro groups is 1. The molecule has 2 rings (SSSR count). The first-order valence-corrected chi connectivity index (χ1v) is 9.85. The first-order chi connectivity index (χ1) is 13.1. The minimum Gasteiger partial charge on any atom is -0.351 e. The van der Waals surface area contributed by atoms with Gasteiger partial charge in [-0.3, -0.25) is 14.9 Å². The molecule has 2 aromatic carbocycles. The van der Waals surface area contributed by atoms with E-state index in [0.717, 1.165) is 10.4 Å². The number of amides is 1. The summed E-state index contributed by atoms with van der Waals surface area (Å²) in [4.78, 5) is 22.3. The van der Waals surface area contributed by atoms with Gasteiger partial charge in [-0.25, -0.2) is 12.8 Å². The Kier molecular flexibility index (Phi) is 6.81. The number of nitrogens with zero attached hydrogens (tertiary/aromatic N) is 2. The quantitative estimate of drug-likeness (QED) is 0.532. The standard InChI is InChI=1S/C18H20FN3O5S/c1-3-21(12-18(23)20-11-14-5-7-15(19)8-6-14)28(26,27)17-10-16(22(24)25)9-4-13(17)2/h4-10H,3,11-12H2,1-2H3,(H,20,23). The van der Waals surface area contributed by atoms with E-state index in [9.17, 15) is 27.7 Å². The van der Waals surface area contributed by atoms with Crippen LogP contribution in [0.1, 0.15) is 18.1 Å². The topological polar surface area (TPSA) is 110 Å². The number of nitro benzene ring substituents is 1. The van der Waals surface area contributed by atoms with Crippen molar-refractivity contribution < 1.29 is 22.5 Å². The molecule has 2 aromatic rings. The number of hydrogen-bond donors (Lipinski definition) is 1. The van der Waals surface area contributed by atoms with Gasteiger partial charge in [0.15, 0.2) is 0 Å². The average molecular weight is 409 g/mol. The summed E-state index contributed by atoms with van der Waals surface area (Å²) in [6, 6.07) is 9.11. The SMILES string of the molecule is CCN(CC(=O)NCc1ccc(F)cc1)S(=O)(=O)c1cc([N+](=O)[O-])ccc1C. The van der Waals surface area contributed by atoms with Crippen molar-refractivity contribution in [2.24, 2.45) is 0 Å². The molecule has 10 heteroatoms. The predicted octanol–water partition coefficient (Wildman–Crippen LogP) is 2.37. The number of carbonyl (C=O) groups is 1. The van der Waals surface area contributed by atoms with Crippen LogP contribution in [0.25, 0.3) is 0 Å². The second-order valence-electron chi connectivity index (χ2n) is 6.04. The lowest BCUT2D eigenvalue weighted by atomic mass is 10.2. The van der Waals surface area contributed by atoms with Crippen LogP contribution >= 0.6 is 0 Å². The molecule has 0 aliphatic rings. The summed E-state index contributed by atoms with van der Waals surface area (Å²) < 4.78 is 39.6. The van der Waals surface area contributed by atoms with Crippen LogP contribution < -0.4 is 5.32 Å². The van der Waals surface area contributed by atoms with Crippen molar-refractivity contribution in [1.29, 1.82) is 0 Å². The van der Waals surface area contributed by atoms with E-state index >= 15 is 0 Å². The highest BCUT2D eigenvalue weighted by Gasteiger charge is 2.28. The van der Waals surface area contributed by atoms with Gasteiger partial charge in [-0.15, -0.1) is 0 Å². The summed E-state index contributed by atoms with van der Waals surface area (Å²) in [5.41, 5.74) is 0.659. The summed E-state index contributed by atoms with van der Waals surface area (Å²) in [7, 11) is -4.10. The Morgan fingerprint density at radius 3 is 2.43 bits per heavy atom. The van der Waals surface area contributed by atoms with Gasteiger partial charge in [-0.05, 0) is 30.2 Å². The molecule has 1 N–H and O–H groups in total. The minimum atomic E-state index is -4.10. The number of rotatable bonds is 8. The number of sulfonamides is 1. The van der Waals surface area contributed by atoms with E-state index in [0.29, 0.717) is 11.1 Å². The van der Waals surface area contributed by atoms with Crippen LogP contribution in [0.2, 0.25) is 0 Å². The van der Waals surface area contributed by atoms with Gasteiger partial charge < -0.3 is 5.32 Å². The minimum absolute atomic E-state index is 0.00837. The van der Waals surface area contributed by atoms with Gasteiger partial charge in [0.2, 0.25) is 15.9 Å². The third-order valence-corrected chi connectivity index (χ3v) is 6.14. The van der Waals surface area contributed by atoms with Gasteiger partial charge in [0.05, 0.1) is 16.4 Å². The summed E-state index contributed by atoms with van der Waals surface area (Å²) in [5, 5.41) is 13.5. The van der Waals surface area contributed by atoms with Crippen molar-refractivity contribution in [2.45, 2.75) is 25.3 Å². The van der Waals surface area contributed by atoms with E-state index in [2.05, 4.69) is 5.32 Å². The molecule has 0 spiro atoms. The van der Waals surface area contributed by atoms with E-state index in [4.69, 9.17) is 0 Å². The molecular formula is C18H20FN3O5S. The molecule has 0 aromatic heterocycles. The van der Waals surface area contributed by atoms with Crippen molar-refractivity contribution in [3.8, 4) is 0 Å². The molecule has 0 saturated heterocycles. The van der Waals surface area contributed by atoms with Crippen LogP contribution in [-0.2, 0) is 21.4 Å². The fourth-order valence-electron chi connectivity index (χ4n) is 2.51. The van der Waals surface area contributed by atoms with Crippen molar-refractivity contribution in [3.63, 3.8) is 0 Å². The zero-order valence-corrected chi connectivity index (χ0v) is 16.2. The number of halogens is 1. The Bertz CT molecular complexity index is 977. The summed E-state index contributed by atoms with van der Waals surface area (Å²) in [6.45, 7) is 2.78. The monoisotopic (exact) mass is 409 g/mol. The molecule has 0 radical (unpaired) electrons. The number of non-ortho nitro benzene ring substituents is 1. The lowest BCUT2D eigenvalue weighted by Crippen LogP contribution is -2.40. The number of carbonyl (C=O) groups excluding carboxylic acids is 1. The fourth-order valence-corrected chi connectivity index (χ4v) is 4.15. The Balaban J connectivity index is 2.14. The molecule has 0 heterocycles. The fraction of sp³-hybridized carbons (Fsp3) is 0.278. The largest absolute Gasteiger partial charge is 0.351 e. The second kappa shape index (κ2) is 8.89. The van der Waals surface area contributed by atoms with E-state index in [-0.39, 0.29) is 23.7 Å². The molecule has 0 saturated carbocycles. The Morgan fingerprint density at radius 2 is 1.86 bits per heavy atom. The number of likely N-dealkylation sites (N-methyl/N-ethyl adjacent to an activating group) is 1. The van der Waals surface area contributed by atoms with Crippen molar-refractivity contribution in [2.75, 3.05) is 13.1 Å². The van der Waals surface area contributed by atoms with Gasteiger partial charge in [-0.2, -0.15) is 4.31 Å². The molecule has 8 nitrogen and oxygen atoms in total. The molecular weight excluding hydrogens is 389 g/mol. The molecule has 0 atom stereocenters. The molecule has 1 amide bonds. The number of nitrogens with one attached hydrogen (secondary N) is 1. The van der Waals surface area contributed by atoms with Gasteiger partial charge in [0.25, 0.3) is 5.69 Å². The Morgan fingerprint density at radius 1 is 1.21 bits per heavy atom. The van der Waals surface area contributed by atoms with Gasteiger partial charge in [-0.1, -0.05) is 25.1 Å². The highest BCUT2D eigenvalue weighted by atomic mass is 32.2. The second-order valence-corrected chi connectivity index (χ2v) is 7.95. The molecule has 0 fully saturated rings. The maximum absolute atomic E-state index is 12.9. The first-order valence-electron chi connectivity index (χ1n) is 8.41. The van der Waals surface area contributed by atoms with E-state index < -0.39 is 33.2 Å².